The zero-order chi connectivity index (χ0) is 12.3. The molecule has 0 bridgehead atoms. The van der Waals surface area contributed by atoms with Crippen molar-refractivity contribution in [2.75, 3.05) is 0 Å². The highest BCUT2D eigenvalue weighted by Gasteiger charge is 2.11. The number of hydrogen-bond donors (Lipinski definition) is 0. The quantitative estimate of drug-likeness (QED) is 0.762. The fourth-order valence-electron chi connectivity index (χ4n) is 1.56. The average molecular weight is 247 g/mol. The molecule has 0 aliphatic carbocycles. The van der Waals surface area contributed by atoms with Gasteiger partial charge in [-0.2, -0.15) is 13.0 Å². The highest BCUT2D eigenvalue weighted by Crippen LogP contribution is 2.20. The number of benzene rings is 1. The number of rotatable bonds is 2. The van der Waals surface area contributed by atoms with E-state index in [0.29, 0.717) is 5.69 Å². The van der Waals surface area contributed by atoms with E-state index in [-0.39, 0.29) is 0 Å². The Kier molecular flexibility index (Phi) is 3.30. The van der Waals surface area contributed by atoms with Crippen LogP contribution >= 0.6 is 0 Å². The molecule has 0 fully saturated rings. The minimum atomic E-state index is -2.45. The maximum Gasteiger partial charge on any atom is 0.316 e. The molecule has 0 spiro atoms. The van der Waals surface area contributed by atoms with Gasteiger partial charge < -0.3 is 0 Å². The molecule has 1 heterocycles. The highest BCUT2D eigenvalue weighted by atomic mass is 32.2. The molecule has 4 nitrogen and oxygen atoms in total. The van der Waals surface area contributed by atoms with E-state index in [0.717, 1.165) is 11.3 Å². The Labute approximate surface area is 101 Å². The number of aromatic nitrogens is 1. The number of hydrogen-bond acceptors (Lipinski definition) is 3. The summed E-state index contributed by atoms with van der Waals surface area (Å²) in [5.41, 5.74) is 2.22. The van der Waals surface area contributed by atoms with Crippen LogP contribution in [0.25, 0.3) is 5.69 Å². The first-order valence-corrected chi connectivity index (χ1v) is 6.08. The van der Waals surface area contributed by atoms with Crippen molar-refractivity contribution in [1.29, 1.82) is 0 Å². The minimum Gasteiger partial charge on any atom is -0.165 e. The molecule has 0 atom stereocenters. The molecule has 1 aromatic heterocycles. The predicted molar refractivity (Wildman–Crippen MR) is 63.7 cm³/mol. The summed E-state index contributed by atoms with van der Waals surface area (Å²) in [6.45, 7) is 1.95. The van der Waals surface area contributed by atoms with Crippen LogP contribution in [-0.4, -0.2) is 8.42 Å². The van der Waals surface area contributed by atoms with Crippen molar-refractivity contribution in [3.63, 3.8) is 0 Å². The molecule has 0 saturated carbocycles. The second-order valence-corrected chi connectivity index (χ2v) is 4.20. The third-order valence-corrected chi connectivity index (χ3v) is 2.64. The molecule has 2 aromatic rings. The number of aryl methyl sites for hydroxylation is 1. The van der Waals surface area contributed by atoms with Crippen molar-refractivity contribution in [3.8, 4) is 5.69 Å². The molecular weight excluding hydrogens is 236 g/mol. The summed E-state index contributed by atoms with van der Waals surface area (Å²) in [6, 6.07) is 11.1. The molecule has 1 aromatic carbocycles. The first-order chi connectivity index (χ1) is 8.16. The molecule has 0 amide bonds. The van der Waals surface area contributed by atoms with E-state index in [2.05, 4.69) is 4.36 Å². The van der Waals surface area contributed by atoms with Crippen LogP contribution in [0, 0.1) is 6.92 Å². The van der Waals surface area contributed by atoms with Gasteiger partial charge in [-0.15, -0.1) is 4.36 Å². The summed E-state index contributed by atoms with van der Waals surface area (Å²) < 4.78 is 26.7. The highest BCUT2D eigenvalue weighted by molar-refractivity contribution is 7.61. The third-order valence-electron chi connectivity index (χ3n) is 2.30. The molecular formula is C12H11N2O2S+. The SMILES string of the molecule is Cc1ccc(N=S(=O)=O)c(-[n+]2ccccc2)c1. The fraction of sp³-hybridized carbons (Fsp3) is 0.0833. The van der Waals surface area contributed by atoms with Crippen molar-refractivity contribution >= 4 is 16.2 Å². The van der Waals surface area contributed by atoms with Crippen LogP contribution < -0.4 is 4.57 Å². The van der Waals surface area contributed by atoms with E-state index in [1.807, 2.05) is 54.2 Å². The van der Waals surface area contributed by atoms with Crippen LogP contribution in [0.1, 0.15) is 5.56 Å². The molecule has 17 heavy (non-hydrogen) atoms. The normalized spacial score (nSPS) is 9.94. The van der Waals surface area contributed by atoms with E-state index in [4.69, 9.17) is 0 Å². The summed E-state index contributed by atoms with van der Waals surface area (Å²) in [7, 11) is -2.45. The van der Waals surface area contributed by atoms with Crippen molar-refractivity contribution < 1.29 is 13.0 Å². The lowest BCUT2D eigenvalue weighted by Crippen LogP contribution is -2.29. The van der Waals surface area contributed by atoms with Gasteiger partial charge in [-0.25, -0.2) is 0 Å². The second-order valence-electron chi connectivity index (χ2n) is 3.58. The van der Waals surface area contributed by atoms with Gasteiger partial charge in [0.2, 0.25) is 5.69 Å². The summed E-state index contributed by atoms with van der Waals surface area (Å²) in [5, 5.41) is 0. The lowest BCUT2D eigenvalue weighted by Gasteiger charge is -1.99. The summed E-state index contributed by atoms with van der Waals surface area (Å²) in [6.07, 6.45) is 3.70. The largest absolute Gasteiger partial charge is 0.316 e. The van der Waals surface area contributed by atoms with Crippen LogP contribution in [0.5, 0.6) is 0 Å². The Morgan fingerprint density at radius 2 is 1.82 bits per heavy atom. The lowest BCUT2D eigenvalue weighted by atomic mass is 10.2. The van der Waals surface area contributed by atoms with E-state index in [1.165, 1.54) is 0 Å². The Morgan fingerprint density at radius 1 is 1.12 bits per heavy atom. The monoisotopic (exact) mass is 247 g/mol. The smallest absolute Gasteiger partial charge is 0.165 e. The van der Waals surface area contributed by atoms with Gasteiger partial charge >= 0.3 is 10.5 Å². The molecule has 2 rings (SSSR count). The molecule has 0 aliphatic rings. The average Bonchev–Trinajstić information content (AvgIpc) is 2.32. The molecule has 0 aliphatic heterocycles. The van der Waals surface area contributed by atoms with E-state index < -0.39 is 10.5 Å². The fourth-order valence-corrected chi connectivity index (χ4v) is 1.87. The molecule has 0 unspecified atom stereocenters. The molecule has 86 valence electrons. The van der Waals surface area contributed by atoms with Crippen LogP contribution in [-0.2, 0) is 10.5 Å². The lowest BCUT2D eigenvalue weighted by molar-refractivity contribution is -0.595. The van der Waals surface area contributed by atoms with Gasteiger partial charge in [0.1, 0.15) is 0 Å². The van der Waals surface area contributed by atoms with Gasteiger partial charge in [-0.1, -0.05) is 12.1 Å². The van der Waals surface area contributed by atoms with E-state index in [1.54, 1.807) is 6.07 Å². The Bertz CT molecular complexity index is 656. The van der Waals surface area contributed by atoms with E-state index in [9.17, 15) is 8.42 Å². The Balaban J connectivity index is 2.67. The van der Waals surface area contributed by atoms with Crippen molar-refractivity contribution in [3.05, 3.63) is 54.4 Å². The van der Waals surface area contributed by atoms with Gasteiger partial charge in [0.05, 0.1) is 0 Å². The van der Waals surface area contributed by atoms with Crippen molar-refractivity contribution in [2.45, 2.75) is 6.92 Å². The van der Waals surface area contributed by atoms with Gasteiger partial charge in [0, 0.05) is 18.2 Å². The van der Waals surface area contributed by atoms with Crippen LogP contribution in [0.4, 0.5) is 5.69 Å². The first-order valence-electron chi connectivity index (χ1n) is 5.05. The van der Waals surface area contributed by atoms with Crippen molar-refractivity contribution in [2.24, 2.45) is 4.36 Å². The van der Waals surface area contributed by atoms with Crippen LogP contribution in [0.2, 0.25) is 0 Å². The summed E-state index contributed by atoms with van der Waals surface area (Å²) in [5.74, 6) is 0. The summed E-state index contributed by atoms with van der Waals surface area (Å²) >= 11 is 0. The summed E-state index contributed by atoms with van der Waals surface area (Å²) in [4.78, 5) is 0. The van der Waals surface area contributed by atoms with Crippen LogP contribution in [0.3, 0.4) is 0 Å². The molecule has 0 N–H and O–H groups in total. The zero-order valence-electron chi connectivity index (χ0n) is 9.24. The second kappa shape index (κ2) is 4.88. The minimum absolute atomic E-state index is 0.431. The third kappa shape index (κ3) is 2.76. The van der Waals surface area contributed by atoms with Gasteiger partial charge in [0.25, 0.3) is 0 Å². The standard InChI is InChI=1S/C12H11N2O2S/c1-10-5-6-11(13-17(15)16)12(9-10)14-7-3-2-4-8-14/h2-9H,1H3/q+1. The Hall–Kier alpha value is -2.01. The van der Waals surface area contributed by atoms with Gasteiger partial charge in [-0.05, 0) is 18.6 Å². The molecule has 0 saturated heterocycles. The maximum absolute atomic E-state index is 10.7. The first kappa shape index (κ1) is 11.5. The van der Waals surface area contributed by atoms with Crippen LogP contribution in [0.15, 0.2) is 53.2 Å². The van der Waals surface area contributed by atoms with Gasteiger partial charge in [-0.3, -0.25) is 0 Å². The van der Waals surface area contributed by atoms with Gasteiger partial charge in [0.15, 0.2) is 18.1 Å². The maximum atomic E-state index is 10.7. The number of pyridine rings is 1. The zero-order valence-corrected chi connectivity index (χ0v) is 10.1. The topological polar surface area (TPSA) is 50.4 Å². The predicted octanol–water partition coefficient (Wildman–Crippen LogP) is 1.97. The molecule has 0 radical (unpaired) electrons. The molecule has 5 heteroatoms. The van der Waals surface area contributed by atoms with E-state index >= 15 is 0 Å². The number of nitrogens with zero attached hydrogens (tertiary/aromatic N) is 2. The Morgan fingerprint density at radius 3 is 2.47 bits per heavy atom. The van der Waals surface area contributed by atoms with Crippen molar-refractivity contribution in [1.82, 2.24) is 0 Å².